The Bertz CT molecular complexity index is 771. The first-order valence-electron chi connectivity index (χ1n) is 6.00. The van der Waals surface area contributed by atoms with E-state index in [-0.39, 0.29) is 11.0 Å². The molecule has 1 amide bonds. The van der Waals surface area contributed by atoms with Crippen molar-refractivity contribution in [3.8, 4) is 0 Å². The van der Waals surface area contributed by atoms with Gasteiger partial charge < -0.3 is 15.0 Å². The van der Waals surface area contributed by atoms with Gasteiger partial charge in [0.05, 0.1) is 23.9 Å². The van der Waals surface area contributed by atoms with E-state index in [1.807, 2.05) is 0 Å². The van der Waals surface area contributed by atoms with Crippen LogP contribution in [0.25, 0.3) is 11.0 Å². The number of carbonyl (C=O) groups excluding carboxylic acids is 1. The summed E-state index contributed by atoms with van der Waals surface area (Å²) in [6.45, 7) is -0.654. The Labute approximate surface area is 124 Å². The summed E-state index contributed by atoms with van der Waals surface area (Å²) in [5, 5.41) is 10.2. The summed E-state index contributed by atoms with van der Waals surface area (Å²) < 4.78 is 63.8. The van der Waals surface area contributed by atoms with E-state index in [9.17, 15) is 31.5 Å². The van der Waals surface area contributed by atoms with Gasteiger partial charge in [-0.1, -0.05) is 0 Å². The molecule has 2 rings (SSSR count). The van der Waals surface area contributed by atoms with Gasteiger partial charge in [0, 0.05) is 12.1 Å². The predicted octanol–water partition coefficient (Wildman–Crippen LogP) is 1.45. The highest BCUT2D eigenvalue weighted by atomic mass is 19.4. The zero-order chi connectivity index (χ0) is 17.4. The van der Waals surface area contributed by atoms with Gasteiger partial charge in [-0.15, -0.1) is 0 Å². The molecule has 23 heavy (non-hydrogen) atoms. The Balaban J connectivity index is 2.29. The number of amides is 1. The van der Waals surface area contributed by atoms with E-state index >= 15 is 0 Å². The van der Waals surface area contributed by atoms with Crippen LogP contribution < -0.4 is 5.32 Å². The van der Waals surface area contributed by atoms with Crippen molar-refractivity contribution in [3.05, 3.63) is 30.1 Å². The lowest BCUT2D eigenvalue weighted by Crippen LogP contribution is -2.48. The molecule has 11 heteroatoms. The van der Waals surface area contributed by atoms with Gasteiger partial charge in [-0.3, -0.25) is 4.79 Å². The van der Waals surface area contributed by atoms with E-state index in [1.165, 1.54) is 5.32 Å². The molecule has 1 unspecified atom stereocenters. The van der Waals surface area contributed by atoms with Crippen molar-refractivity contribution in [2.45, 2.75) is 18.8 Å². The number of aromatic nitrogens is 2. The van der Waals surface area contributed by atoms with E-state index in [0.29, 0.717) is 0 Å². The maximum absolute atomic E-state index is 13.2. The van der Waals surface area contributed by atoms with Gasteiger partial charge in [0.15, 0.2) is 11.6 Å². The standard InChI is InChI=1S/C12H8F5N3O3/c13-5-1-7-9(2-6(5)14)20(4-18-7)3-8(10(21)22)19-11(23)12(15,16)17/h1-2,4,8H,3H2,(H,19,23)(H,21,22). The molecule has 0 radical (unpaired) electrons. The average Bonchev–Trinajstić information content (AvgIpc) is 2.79. The second-order valence-electron chi connectivity index (χ2n) is 4.51. The maximum Gasteiger partial charge on any atom is 0.471 e. The largest absolute Gasteiger partial charge is 0.480 e. The normalized spacial score (nSPS) is 13.1. The summed E-state index contributed by atoms with van der Waals surface area (Å²) in [6, 6.07) is -0.456. The second kappa shape index (κ2) is 5.82. The minimum absolute atomic E-state index is 0.0183. The molecule has 1 aromatic heterocycles. The molecular weight excluding hydrogens is 329 g/mol. The maximum atomic E-state index is 13.2. The van der Waals surface area contributed by atoms with Gasteiger partial charge in [0.1, 0.15) is 6.04 Å². The number of imidazole rings is 1. The van der Waals surface area contributed by atoms with Gasteiger partial charge in [-0.25, -0.2) is 18.6 Å². The molecule has 0 aliphatic carbocycles. The Hall–Kier alpha value is -2.72. The van der Waals surface area contributed by atoms with Crippen LogP contribution in [0.3, 0.4) is 0 Å². The topological polar surface area (TPSA) is 84.2 Å². The number of aliphatic carboxylic acids is 1. The van der Waals surface area contributed by atoms with Crippen molar-refractivity contribution in [2.24, 2.45) is 0 Å². The SMILES string of the molecule is O=C(O)C(Cn1cnc2cc(F)c(F)cc21)NC(=O)C(F)(F)F. The van der Waals surface area contributed by atoms with Crippen molar-refractivity contribution in [3.63, 3.8) is 0 Å². The molecule has 124 valence electrons. The number of nitrogens with one attached hydrogen (secondary N) is 1. The molecule has 2 aromatic rings. The molecular formula is C12H8F5N3O3. The summed E-state index contributed by atoms with van der Waals surface area (Å²) in [6.07, 6.45) is -4.25. The number of alkyl halides is 3. The highest BCUT2D eigenvalue weighted by molar-refractivity contribution is 5.87. The summed E-state index contributed by atoms with van der Waals surface area (Å²) in [4.78, 5) is 25.5. The van der Waals surface area contributed by atoms with Crippen molar-refractivity contribution < 1.29 is 36.6 Å². The Morgan fingerprint density at radius 1 is 1.26 bits per heavy atom. The van der Waals surface area contributed by atoms with Crippen LogP contribution in [0.15, 0.2) is 18.5 Å². The lowest BCUT2D eigenvalue weighted by atomic mass is 10.2. The van der Waals surface area contributed by atoms with Gasteiger partial charge in [-0.2, -0.15) is 13.2 Å². The molecule has 0 bridgehead atoms. The van der Waals surface area contributed by atoms with Crippen LogP contribution in [0.2, 0.25) is 0 Å². The van der Waals surface area contributed by atoms with Crippen LogP contribution in [-0.4, -0.2) is 38.8 Å². The van der Waals surface area contributed by atoms with Crippen LogP contribution in [0.4, 0.5) is 22.0 Å². The number of carboxylic acids is 1. The average molecular weight is 337 g/mol. The third-order valence-electron chi connectivity index (χ3n) is 2.90. The fourth-order valence-electron chi connectivity index (χ4n) is 1.82. The monoisotopic (exact) mass is 337 g/mol. The van der Waals surface area contributed by atoms with Crippen LogP contribution >= 0.6 is 0 Å². The number of carboxylic acid groups (broad SMARTS) is 1. The van der Waals surface area contributed by atoms with Gasteiger partial charge in [-0.05, 0) is 0 Å². The van der Waals surface area contributed by atoms with E-state index in [0.717, 1.165) is 23.0 Å². The van der Waals surface area contributed by atoms with Crippen molar-refractivity contribution in [1.29, 1.82) is 0 Å². The smallest absolute Gasteiger partial charge is 0.471 e. The number of carbonyl (C=O) groups is 2. The molecule has 0 spiro atoms. The number of hydrogen-bond acceptors (Lipinski definition) is 3. The van der Waals surface area contributed by atoms with E-state index in [2.05, 4.69) is 4.98 Å². The molecule has 0 saturated carbocycles. The lowest BCUT2D eigenvalue weighted by Gasteiger charge is -2.16. The molecule has 6 nitrogen and oxygen atoms in total. The molecule has 1 heterocycles. The third kappa shape index (κ3) is 3.55. The molecule has 2 N–H and O–H groups in total. The zero-order valence-corrected chi connectivity index (χ0v) is 11.1. The fraction of sp³-hybridized carbons (Fsp3) is 0.250. The van der Waals surface area contributed by atoms with Crippen LogP contribution in [0, 0.1) is 11.6 Å². The number of rotatable bonds is 4. The van der Waals surface area contributed by atoms with E-state index in [1.54, 1.807) is 0 Å². The Morgan fingerprint density at radius 2 is 1.87 bits per heavy atom. The van der Waals surface area contributed by atoms with Crippen molar-refractivity contribution in [1.82, 2.24) is 14.9 Å². The van der Waals surface area contributed by atoms with E-state index in [4.69, 9.17) is 5.11 Å². The first kappa shape index (κ1) is 16.6. The molecule has 1 aromatic carbocycles. The summed E-state index contributed by atoms with van der Waals surface area (Å²) in [5.74, 6) is -6.56. The number of nitrogens with zero attached hydrogens (tertiary/aromatic N) is 2. The molecule has 0 fully saturated rings. The predicted molar refractivity (Wildman–Crippen MR) is 65.3 cm³/mol. The minimum Gasteiger partial charge on any atom is -0.480 e. The molecule has 0 saturated heterocycles. The second-order valence-corrected chi connectivity index (χ2v) is 4.51. The van der Waals surface area contributed by atoms with E-state index < -0.39 is 42.3 Å². The highest BCUT2D eigenvalue weighted by Crippen LogP contribution is 2.18. The zero-order valence-electron chi connectivity index (χ0n) is 11.1. The van der Waals surface area contributed by atoms with Gasteiger partial charge in [0.25, 0.3) is 0 Å². The fourth-order valence-corrected chi connectivity index (χ4v) is 1.82. The summed E-state index contributed by atoms with van der Waals surface area (Å²) >= 11 is 0. The van der Waals surface area contributed by atoms with Gasteiger partial charge >= 0.3 is 18.1 Å². The lowest BCUT2D eigenvalue weighted by molar-refractivity contribution is -0.175. The third-order valence-corrected chi connectivity index (χ3v) is 2.90. The molecule has 1 atom stereocenters. The summed E-state index contributed by atoms with van der Waals surface area (Å²) in [5.41, 5.74) is -0.0494. The highest BCUT2D eigenvalue weighted by Gasteiger charge is 2.41. The number of hydrogen-bond donors (Lipinski definition) is 2. The van der Waals surface area contributed by atoms with Crippen LogP contribution in [0.5, 0.6) is 0 Å². The first-order chi connectivity index (χ1) is 10.6. The first-order valence-corrected chi connectivity index (χ1v) is 6.00. The van der Waals surface area contributed by atoms with Crippen molar-refractivity contribution in [2.75, 3.05) is 0 Å². The molecule has 0 aliphatic heterocycles. The van der Waals surface area contributed by atoms with Crippen LogP contribution in [0.1, 0.15) is 0 Å². The minimum atomic E-state index is -5.25. The molecule has 0 aliphatic rings. The number of fused-ring (bicyclic) bond motifs is 1. The number of halogens is 5. The number of benzene rings is 1. The van der Waals surface area contributed by atoms with Crippen molar-refractivity contribution >= 4 is 22.9 Å². The Morgan fingerprint density at radius 3 is 2.43 bits per heavy atom. The van der Waals surface area contributed by atoms with Gasteiger partial charge in [0.2, 0.25) is 0 Å². The Kier molecular flexibility index (Phi) is 4.21. The summed E-state index contributed by atoms with van der Waals surface area (Å²) in [7, 11) is 0. The quantitative estimate of drug-likeness (QED) is 0.827. The van der Waals surface area contributed by atoms with Crippen LogP contribution in [-0.2, 0) is 16.1 Å².